The number of aliphatic hydroxyl groups excluding tert-OH is 1. The number of urea groups is 1. The van der Waals surface area contributed by atoms with E-state index in [0.29, 0.717) is 11.6 Å². The van der Waals surface area contributed by atoms with Crippen LogP contribution in [0.3, 0.4) is 0 Å². The predicted molar refractivity (Wildman–Crippen MR) is 75.6 cm³/mol. The van der Waals surface area contributed by atoms with Crippen LogP contribution in [0.2, 0.25) is 0 Å². The summed E-state index contributed by atoms with van der Waals surface area (Å²) < 4.78 is 37.2. The third-order valence-electron chi connectivity index (χ3n) is 3.66. The van der Waals surface area contributed by atoms with E-state index in [1.807, 2.05) is 6.92 Å². The number of carbonyl (C=O) groups excluding carboxylic acids is 1. The second kappa shape index (κ2) is 6.82. The van der Waals surface area contributed by atoms with Gasteiger partial charge in [0.2, 0.25) is 0 Å². The lowest BCUT2D eigenvalue weighted by atomic mass is 9.96. The summed E-state index contributed by atoms with van der Waals surface area (Å²) in [6, 6.07) is -0.307. The fourth-order valence-corrected chi connectivity index (χ4v) is 2.98. The molecule has 0 aliphatic carbocycles. The van der Waals surface area contributed by atoms with E-state index in [9.17, 15) is 23.1 Å². The third kappa shape index (κ3) is 4.33. The van der Waals surface area contributed by atoms with Gasteiger partial charge in [0.1, 0.15) is 0 Å². The number of nitrogens with one attached hydrogen (secondary N) is 1. The Kier molecular flexibility index (Phi) is 5.28. The smallest absolute Gasteiger partial charge is 0.391 e. The van der Waals surface area contributed by atoms with E-state index in [0.717, 1.165) is 23.1 Å². The number of hydrogen-bond donors (Lipinski definition) is 2. The van der Waals surface area contributed by atoms with Crippen molar-refractivity contribution >= 4 is 17.4 Å². The van der Waals surface area contributed by atoms with Crippen LogP contribution in [0.25, 0.3) is 0 Å². The van der Waals surface area contributed by atoms with E-state index >= 15 is 0 Å². The van der Waals surface area contributed by atoms with Crippen molar-refractivity contribution in [3.63, 3.8) is 0 Å². The number of halogens is 3. The Hall–Kier alpha value is -1.35. The number of nitrogens with zero attached hydrogens (tertiary/aromatic N) is 2. The number of hydrogen-bond acceptors (Lipinski definition) is 4. The summed E-state index contributed by atoms with van der Waals surface area (Å²) >= 11 is 0.928. The van der Waals surface area contributed by atoms with Crippen molar-refractivity contribution in [2.45, 2.75) is 32.0 Å². The molecule has 124 valence electrons. The number of aromatic nitrogens is 1. The highest BCUT2D eigenvalue weighted by atomic mass is 32.1. The molecular weight excluding hydrogens is 319 g/mol. The molecule has 1 saturated heterocycles. The van der Waals surface area contributed by atoms with Gasteiger partial charge in [0.15, 0.2) is 5.69 Å². The van der Waals surface area contributed by atoms with Gasteiger partial charge in [0, 0.05) is 31.4 Å². The summed E-state index contributed by atoms with van der Waals surface area (Å²) in [4.78, 5) is 16.9. The van der Waals surface area contributed by atoms with Crippen LogP contribution in [-0.2, 0) is 12.6 Å². The molecule has 1 aliphatic heterocycles. The van der Waals surface area contributed by atoms with E-state index in [-0.39, 0.29) is 31.5 Å². The highest BCUT2D eigenvalue weighted by molar-refractivity contribution is 7.09. The molecule has 0 spiro atoms. The van der Waals surface area contributed by atoms with E-state index in [1.165, 1.54) is 4.90 Å². The number of thiazole rings is 1. The van der Waals surface area contributed by atoms with Crippen LogP contribution >= 0.6 is 11.3 Å². The summed E-state index contributed by atoms with van der Waals surface area (Å²) in [5.74, 6) is 0.167. The van der Waals surface area contributed by atoms with Gasteiger partial charge in [-0.3, -0.25) is 0 Å². The lowest BCUT2D eigenvalue weighted by Crippen LogP contribution is -2.49. The molecule has 2 heterocycles. The number of piperidine rings is 1. The topological polar surface area (TPSA) is 65.5 Å². The zero-order valence-corrected chi connectivity index (χ0v) is 12.9. The molecule has 2 amide bonds. The van der Waals surface area contributed by atoms with Gasteiger partial charge in [-0.15, -0.1) is 11.3 Å². The number of likely N-dealkylation sites (tertiary alicyclic amines) is 1. The van der Waals surface area contributed by atoms with Crippen molar-refractivity contribution in [3.05, 3.63) is 16.1 Å². The Labute approximate surface area is 130 Å². The molecule has 0 bridgehead atoms. The SMILES string of the molecule is CC1CCN(C(=O)NCCc2nc(C(F)(F)F)cs2)CC1O. The van der Waals surface area contributed by atoms with Gasteiger partial charge in [-0.05, 0) is 12.3 Å². The van der Waals surface area contributed by atoms with Crippen molar-refractivity contribution in [3.8, 4) is 0 Å². The van der Waals surface area contributed by atoms with Gasteiger partial charge in [0.25, 0.3) is 0 Å². The Bertz CT molecular complexity index is 521. The molecule has 2 atom stereocenters. The normalized spacial score (nSPS) is 22.7. The van der Waals surface area contributed by atoms with Crippen molar-refractivity contribution in [2.75, 3.05) is 19.6 Å². The van der Waals surface area contributed by atoms with Crippen LogP contribution in [0.5, 0.6) is 0 Å². The summed E-state index contributed by atoms with van der Waals surface area (Å²) in [6.45, 7) is 2.99. The van der Waals surface area contributed by atoms with E-state index in [2.05, 4.69) is 10.3 Å². The third-order valence-corrected chi connectivity index (χ3v) is 4.57. The van der Waals surface area contributed by atoms with Crippen molar-refractivity contribution < 1.29 is 23.1 Å². The molecule has 5 nitrogen and oxygen atoms in total. The molecule has 0 saturated carbocycles. The quantitative estimate of drug-likeness (QED) is 0.888. The predicted octanol–water partition coefficient (Wildman–Crippen LogP) is 2.12. The molecule has 2 N–H and O–H groups in total. The van der Waals surface area contributed by atoms with Crippen molar-refractivity contribution in [1.29, 1.82) is 0 Å². The molecule has 0 radical (unpaired) electrons. The van der Waals surface area contributed by atoms with Crippen molar-refractivity contribution in [1.82, 2.24) is 15.2 Å². The Morgan fingerprint density at radius 3 is 2.91 bits per heavy atom. The lowest BCUT2D eigenvalue weighted by Gasteiger charge is -2.34. The highest BCUT2D eigenvalue weighted by Gasteiger charge is 2.33. The van der Waals surface area contributed by atoms with Gasteiger partial charge in [-0.25, -0.2) is 9.78 Å². The minimum absolute atomic E-state index is 0.167. The maximum absolute atomic E-state index is 12.4. The first kappa shape index (κ1) is 17.0. The first-order valence-corrected chi connectivity index (χ1v) is 7.87. The van der Waals surface area contributed by atoms with Crippen LogP contribution in [0.4, 0.5) is 18.0 Å². The van der Waals surface area contributed by atoms with Crippen LogP contribution < -0.4 is 5.32 Å². The molecule has 2 rings (SSSR count). The zero-order valence-electron chi connectivity index (χ0n) is 12.1. The number of alkyl halides is 3. The second-order valence-electron chi connectivity index (χ2n) is 5.39. The highest BCUT2D eigenvalue weighted by Crippen LogP contribution is 2.30. The van der Waals surface area contributed by atoms with Crippen LogP contribution in [0.15, 0.2) is 5.38 Å². The average Bonchev–Trinajstić information content (AvgIpc) is 2.90. The molecule has 1 fully saturated rings. The van der Waals surface area contributed by atoms with Gasteiger partial charge >= 0.3 is 12.2 Å². The average molecular weight is 337 g/mol. The van der Waals surface area contributed by atoms with E-state index in [4.69, 9.17) is 0 Å². The van der Waals surface area contributed by atoms with Crippen LogP contribution in [-0.4, -0.2) is 46.8 Å². The fourth-order valence-electron chi connectivity index (χ4n) is 2.18. The number of rotatable bonds is 3. The maximum atomic E-state index is 12.4. The Morgan fingerprint density at radius 2 is 2.32 bits per heavy atom. The second-order valence-corrected chi connectivity index (χ2v) is 6.33. The van der Waals surface area contributed by atoms with Gasteiger partial charge in [-0.2, -0.15) is 13.2 Å². The van der Waals surface area contributed by atoms with Crippen LogP contribution in [0.1, 0.15) is 24.0 Å². The Balaban J connectivity index is 1.76. The van der Waals surface area contributed by atoms with E-state index < -0.39 is 18.0 Å². The maximum Gasteiger partial charge on any atom is 0.434 e. The first-order valence-electron chi connectivity index (χ1n) is 7.00. The summed E-state index contributed by atoms with van der Waals surface area (Å²) in [6.07, 6.45) is -3.98. The zero-order chi connectivity index (χ0) is 16.3. The number of aliphatic hydroxyl groups is 1. The minimum Gasteiger partial charge on any atom is -0.391 e. The van der Waals surface area contributed by atoms with Crippen molar-refractivity contribution in [2.24, 2.45) is 5.92 Å². The minimum atomic E-state index is -4.43. The molecule has 2 unspecified atom stereocenters. The standard InChI is InChI=1S/C13H18F3N3O2S/c1-8-3-5-19(6-9(8)20)12(21)17-4-2-11-18-10(7-22-11)13(14,15)16/h7-9,20H,2-6H2,1H3,(H,17,21). The van der Waals surface area contributed by atoms with Gasteiger partial charge in [0.05, 0.1) is 11.1 Å². The van der Waals surface area contributed by atoms with E-state index in [1.54, 1.807) is 0 Å². The number of amides is 2. The summed E-state index contributed by atoms with van der Waals surface area (Å²) in [5.41, 5.74) is -0.896. The number of carbonyl (C=O) groups is 1. The lowest BCUT2D eigenvalue weighted by molar-refractivity contribution is -0.140. The van der Waals surface area contributed by atoms with Crippen LogP contribution in [0, 0.1) is 5.92 Å². The molecule has 0 aromatic carbocycles. The summed E-state index contributed by atoms with van der Waals surface area (Å²) in [5, 5.41) is 13.7. The largest absolute Gasteiger partial charge is 0.434 e. The first-order chi connectivity index (χ1) is 10.3. The monoisotopic (exact) mass is 337 g/mol. The van der Waals surface area contributed by atoms with Gasteiger partial charge < -0.3 is 15.3 Å². The molecule has 1 aromatic rings. The fraction of sp³-hybridized carbons (Fsp3) is 0.692. The molecule has 9 heteroatoms. The molecule has 1 aliphatic rings. The molecule has 1 aromatic heterocycles. The summed E-state index contributed by atoms with van der Waals surface area (Å²) in [7, 11) is 0. The molecule has 22 heavy (non-hydrogen) atoms. The Morgan fingerprint density at radius 1 is 1.59 bits per heavy atom. The van der Waals surface area contributed by atoms with Gasteiger partial charge in [-0.1, -0.05) is 6.92 Å². The molecular formula is C13H18F3N3O2S. The number of β-amino-alcohol motifs (C(OH)–C–C–N with tert-alkyl or cyclic N) is 1.